The molecule has 0 radical (unpaired) electrons. The van der Waals surface area contributed by atoms with Gasteiger partial charge in [0.05, 0.1) is 0 Å². The van der Waals surface area contributed by atoms with Crippen LogP contribution in [-0.4, -0.2) is 15.7 Å². The van der Waals surface area contributed by atoms with Gasteiger partial charge in [-0.1, -0.05) is 37.6 Å². The minimum absolute atomic E-state index is 0.0312. The smallest absolute Gasteiger partial charge is 0.257 e. The normalized spacial score (nSPS) is 11.0. The maximum atomic E-state index is 13.5. The second-order valence-electron chi connectivity index (χ2n) is 5.55. The molecule has 0 atom stereocenters. The van der Waals surface area contributed by atoms with Crippen molar-refractivity contribution in [1.82, 2.24) is 15.1 Å². The van der Waals surface area contributed by atoms with Gasteiger partial charge in [0.1, 0.15) is 5.56 Å². The summed E-state index contributed by atoms with van der Waals surface area (Å²) in [5, 5.41) is 6.30. The lowest BCUT2D eigenvalue weighted by molar-refractivity contribution is 0.0946. The van der Waals surface area contributed by atoms with E-state index in [-0.39, 0.29) is 5.56 Å². The minimum Gasteiger partial charge on any atom is -0.348 e. The van der Waals surface area contributed by atoms with Crippen molar-refractivity contribution in [3.63, 3.8) is 0 Å². The second-order valence-corrected chi connectivity index (χ2v) is 5.55. The molecule has 0 aliphatic heterocycles. The number of aromatic nitrogens is 2. The van der Waals surface area contributed by atoms with Gasteiger partial charge in [0.15, 0.2) is 0 Å². The summed E-state index contributed by atoms with van der Waals surface area (Å²) in [6.45, 7) is 6.60. The van der Waals surface area contributed by atoms with Crippen molar-refractivity contribution in [2.24, 2.45) is 7.05 Å². The zero-order valence-electron chi connectivity index (χ0n) is 12.8. The number of hydrogen-bond donors (Lipinski definition) is 1. The summed E-state index contributed by atoms with van der Waals surface area (Å²) in [7, 11) is 1.58. The molecule has 0 saturated heterocycles. The highest BCUT2D eigenvalue weighted by atomic mass is 19.1. The van der Waals surface area contributed by atoms with Gasteiger partial charge in [-0.3, -0.25) is 9.48 Å². The summed E-state index contributed by atoms with van der Waals surface area (Å²) in [5.41, 5.74) is 3.35. The van der Waals surface area contributed by atoms with Crippen molar-refractivity contribution in [3.05, 3.63) is 52.6 Å². The Morgan fingerprint density at radius 2 is 2.14 bits per heavy atom. The predicted molar refractivity (Wildman–Crippen MR) is 79.6 cm³/mol. The molecule has 112 valence electrons. The van der Waals surface area contributed by atoms with Crippen LogP contribution < -0.4 is 5.32 Å². The molecule has 1 amide bonds. The maximum Gasteiger partial charge on any atom is 0.257 e. The molecule has 0 spiro atoms. The summed E-state index contributed by atoms with van der Waals surface area (Å²) in [6.07, 6.45) is 1.38. The fraction of sp³-hybridized carbons (Fsp3) is 0.375. The third-order valence-electron chi connectivity index (χ3n) is 3.39. The molecule has 0 fully saturated rings. The Labute approximate surface area is 124 Å². The van der Waals surface area contributed by atoms with Crippen molar-refractivity contribution < 1.29 is 9.18 Å². The summed E-state index contributed by atoms with van der Waals surface area (Å²) in [6, 6.07) is 6.18. The molecule has 4 nitrogen and oxygen atoms in total. The number of carbonyl (C=O) groups excluding carboxylic acids is 1. The molecule has 5 heteroatoms. The monoisotopic (exact) mass is 289 g/mol. The van der Waals surface area contributed by atoms with E-state index in [1.807, 2.05) is 6.92 Å². The summed E-state index contributed by atoms with van der Waals surface area (Å²) in [4.78, 5) is 12.0. The van der Waals surface area contributed by atoms with E-state index >= 15 is 0 Å². The van der Waals surface area contributed by atoms with E-state index in [9.17, 15) is 9.18 Å². The molecule has 2 aromatic rings. The summed E-state index contributed by atoms with van der Waals surface area (Å²) in [5.74, 6) is -0.826. The first-order valence-corrected chi connectivity index (χ1v) is 6.95. The Kier molecular flexibility index (Phi) is 4.40. The number of nitrogens with one attached hydrogen (secondary N) is 1. The van der Waals surface area contributed by atoms with Gasteiger partial charge in [-0.15, -0.1) is 5.10 Å². The fourth-order valence-corrected chi connectivity index (χ4v) is 2.34. The molecule has 0 aliphatic rings. The van der Waals surface area contributed by atoms with Crippen LogP contribution in [0.15, 0.2) is 24.4 Å². The lowest BCUT2D eigenvalue weighted by Crippen LogP contribution is -2.24. The Morgan fingerprint density at radius 3 is 2.71 bits per heavy atom. The molecule has 1 heterocycles. The fourth-order valence-electron chi connectivity index (χ4n) is 2.34. The minimum atomic E-state index is -0.747. The van der Waals surface area contributed by atoms with Crippen LogP contribution in [0.3, 0.4) is 0 Å². The SMILES string of the molecule is Cc1ccc(C(C)C)c(CNC(=O)c2cn(C)nc2F)c1. The largest absolute Gasteiger partial charge is 0.348 e. The van der Waals surface area contributed by atoms with Crippen molar-refractivity contribution in [2.75, 3.05) is 0 Å². The highest BCUT2D eigenvalue weighted by Crippen LogP contribution is 2.20. The van der Waals surface area contributed by atoms with Crippen molar-refractivity contribution in [2.45, 2.75) is 33.2 Å². The number of amides is 1. The van der Waals surface area contributed by atoms with Gasteiger partial charge in [-0.25, -0.2) is 0 Å². The van der Waals surface area contributed by atoms with Crippen LogP contribution in [-0.2, 0) is 13.6 Å². The number of nitrogens with zero attached hydrogens (tertiary/aromatic N) is 2. The Hall–Kier alpha value is -2.17. The van der Waals surface area contributed by atoms with Gasteiger partial charge in [-0.2, -0.15) is 4.39 Å². The maximum absolute atomic E-state index is 13.5. The van der Waals surface area contributed by atoms with Crippen LogP contribution in [0.4, 0.5) is 4.39 Å². The Bertz CT molecular complexity index is 662. The molecule has 1 N–H and O–H groups in total. The van der Waals surface area contributed by atoms with Crippen LogP contribution >= 0.6 is 0 Å². The van der Waals surface area contributed by atoms with Gasteiger partial charge in [0, 0.05) is 19.8 Å². The molecule has 2 rings (SSSR count). The molecule has 1 aromatic carbocycles. The molecular weight excluding hydrogens is 269 g/mol. The van der Waals surface area contributed by atoms with Crippen LogP contribution in [0.25, 0.3) is 0 Å². The number of aryl methyl sites for hydroxylation is 2. The molecule has 21 heavy (non-hydrogen) atoms. The standard InChI is InChI=1S/C16H20FN3O/c1-10(2)13-6-5-11(3)7-12(13)8-18-16(21)14-9-20(4)19-15(14)17/h5-7,9-10H,8H2,1-4H3,(H,18,21). The number of hydrogen-bond acceptors (Lipinski definition) is 2. The van der Waals surface area contributed by atoms with Gasteiger partial charge < -0.3 is 5.32 Å². The van der Waals surface area contributed by atoms with Crippen LogP contribution in [0.1, 0.15) is 46.8 Å². The first-order chi connectivity index (χ1) is 9.88. The van der Waals surface area contributed by atoms with E-state index in [2.05, 4.69) is 42.5 Å². The van der Waals surface area contributed by atoms with E-state index < -0.39 is 11.9 Å². The Morgan fingerprint density at radius 1 is 1.43 bits per heavy atom. The third-order valence-corrected chi connectivity index (χ3v) is 3.39. The van der Waals surface area contributed by atoms with E-state index in [0.29, 0.717) is 12.5 Å². The number of carbonyl (C=O) groups is 1. The highest BCUT2D eigenvalue weighted by Gasteiger charge is 2.16. The van der Waals surface area contributed by atoms with Crippen LogP contribution in [0.2, 0.25) is 0 Å². The van der Waals surface area contributed by atoms with Gasteiger partial charge in [-0.05, 0) is 24.0 Å². The second kappa shape index (κ2) is 6.08. The van der Waals surface area contributed by atoms with Crippen LogP contribution in [0, 0.1) is 12.9 Å². The van der Waals surface area contributed by atoms with Gasteiger partial charge in [0.2, 0.25) is 5.95 Å². The van der Waals surface area contributed by atoms with Crippen molar-refractivity contribution in [1.29, 1.82) is 0 Å². The van der Waals surface area contributed by atoms with E-state index in [1.54, 1.807) is 7.05 Å². The number of halogens is 1. The predicted octanol–water partition coefficient (Wildman–Crippen LogP) is 2.92. The van der Waals surface area contributed by atoms with E-state index in [1.165, 1.54) is 16.4 Å². The molecular formula is C16H20FN3O. The quantitative estimate of drug-likeness (QED) is 0.940. The summed E-state index contributed by atoms with van der Waals surface area (Å²) < 4.78 is 14.8. The average molecular weight is 289 g/mol. The Balaban J connectivity index is 2.14. The molecule has 0 saturated carbocycles. The number of benzene rings is 1. The highest BCUT2D eigenvalue weighted by molar-refractivity contribution is 5.93. The van der Waals surface area contributed by atoms with Crippen molar-refractivity contribution in [3.8, 4) is 0 Å². The number of rotatable bonds is 4. The average Bonchev–Trinajstić information content (AvgIpc) is 2.74. The first-order valence-electron chi connectivity index (χ1n) is 6.95. The van der Waals surface area contributed by atoms with Crippen molar-refractivity contribution >= 4 is 5.91 Å². The third kappa shape index (κ3) is 3.48. The lowest BCUT2D eigenvalue weighted by Gasteiger charge is -2.14. The van der Waals surface area contributed by atoms with E-state index in [0.717, 1.165) is 11.1 Å². The molecule has 0 bridgehead atoms. The molecule has 0 unspecified atom stereocenters. The molecule has 1 aromatic heterocycles. The molecule has 0 aliphatic carbocycles. The van der Waals surface area contributed by atoms with Crippen LogP contribution in [0.5, 0.6) is 0 Å². The van der Waals surface area contributed by atoms with Gasteiger partial charge >= 0.3 is 0 Å². The zero-order chi connectivity index (χ0) is 15.6. The van der Waals surface area contributed by atoms with E-state index in [4.69, 9.17) is 0 Å². The zero-order valence-corrected chi connectivity index (χ0v) is 12.8. The first kappa shape index (κ1) is 15.2. The topological polar surface area (TPSA) is 46.9 Å². The lowest BCUT2D eigenvalue weighted by atomic mass is 9.95. The van der Waals surface area contributed by atoms with Gasteiger partial charge in [0.25, 0.3) is 5.91 Å². The summed E-state index contributed by atoms with van der Waals surface area (Å²) >= 11 is 0.